The summed E-state index contributed by atoms with van der Waals surface area (Å²) < 4.78 is 2.15. The van der Waals surface area contributed by atoms with Crippen molar-refractivity contribution in [2.75, 3.05) is 13.1 Å². The highest BCUT2D eigenvalue weighted by molar-refractivity contribution is 5.75. The third-order valence-corrected chi connectivity index (χ3v) is 4.30. The Balaban J connectivity index is 2.06. The minimum Gasteiger partial charge on any atom is -0.481 e. The fourth-order valence-corrected chi connectivity index (χ4v) is 3.21. The van der Waals surface area contributed by atoms with Gasteiger partial charge in [-0.2, -0.15) is 0 Å². The zero-order valence-corrected chi connectivity index (χ0v) is 12.7. The van der Waals surface area contributed by atoms with Crippen molar-refractivity contribution in [2.24, 2.45) is 5.41 Å². The molecule has 20 heavy (non-hydrogen) atoms. The van der Waals surface area contributed by atoms with Gasteiger partial charge in [-0.05, 0) is 33.2 Å². The lowest BCUT2D eigenvalue weighted by atomic mass is 9.83. The van der Waals surface area contributed by atoms with E-state index < -0.39 is 11.4 Å². The molecule has 5 nitrogen and oxygen atoms in total. The Kier molecular flexibility index (Phi) is 4.48. The molecule has 0 saturated carbocycles. The lowest BCUT2D eigenvalue weighted by Gasteiger charge is -2.24. The van der Waals surface area contributed by atoms with Gasteiger partial charge in [-0.3, -0.25) is 9.69 Å². The first-order valence-corrected chi connectivity index (χ1v) is 7.45. The Bertz CT molecular complexity index is 469. The highest BCUT2D eigenvalue weighted by Gasteiger charge is 2.43. The topological polar surface area (TPSA) is 58.4 Å². The van der Waals surface area contributed by atoms with Gasteiger partial charge >= 0.3 is 5.97 Å². The van der Waals surface area contributed by atoms with Crippen molar-refractivity contribution in [1.82, 2.24) is 14.5 Å². The summed E-state index contributed by atoms with van der Waals surface area (Å²) in [5.74, 6) is -0.640. The first kappa shape index (κ1) is 15.0. The second-order valence-corrected chi connectivity index (χ2v) is 6.18. The second-order valence-electron chi connectivity index (χ2n) is 6.18. The van der Waals surface area contributed by atoms with E-state index in [0.717, 1.165) is 38.0 Å². The molecule has 1 N–H and O–H groups in total. The number of hydrogen-bond acceptors (Lipinski definition) is 3. The van der Waals surface area contributed by atoms with Crippen LogP contribution in [0.3, 0.4) is 0 Å². The third-order valence-electron chi connectivity index (χ3n) is 4.30. The molecular weight excluding hydrogens is 254 g/mol. The Morgan fingerprint density at radius 3 is 2.90 bits per heavy atom. The van der Waals surface area contributed by atoms with E-state index in [2.05, 4.69) is 35.2 Å². The van der Waals surface area contributed by atoms with E-state index >= 15 is 0 Å². The van der Waals surface area contributed by atoms with Crippen molar-refractivity contribution in [3.05, 3.63) is 18.2 Å². The summed E-state index contributed by atoms with van der Waals surface area (Å²) in [6, 6.07) is 0.384. The summed E-state index contributed by atoms with van der Waals surface area (Å²) in [5, 5.41) is 9.54. The van der Waals surface area contributed by atoms with Crippen LogP contribution in [0.25, 0.3) is 0 Å². The Morgan fingerprint density at radius 2 is 2.30 bits per heavy atom. The van der Waals surface area contributed by atoms with E-state index in [9.17, 15) is 9.90 Å². The predicted molar refractivity (Wildman–Crippen MR) is 77.5 cm³/mol. The Labute approximate surface area is 120 Å². The molecule has 0 spiro atoms. The van der Waals surface area contributed by atoms with Gasteiger partial charge in [-0.1, -0.05) is 13.3 Å². The number of carbonyl (C=O) groups is 1. The first-order chi connectivity index (χ1) is 9.48. The number of aliphatic carboxylic acids is 1. The number of carboxylic acids is 1. The van der Waals surface area contributed by atoms with Crippen molar-refractivity contribution in [1.29, 1.82) is 0 Å². The zero-order chi connectivity index (χ0) is 14.8. The molecular formula is C15H25N3O2. The van der Waals surface area contributed by atoms with Crippen LogP contribution in [0.15, 0.2) is 12.5 Å². The maximum atomic E-state index is 11.6. The van der Waals surface area contributed by atoms with Crippen molar-refractivity contribution >= 4 is 5.97 Å². The average molecular weight is 279 g/mol. The van der Waals surface area contributed by atoms with Crippen LogP contribution in [-0.2, 0) is 11.3 Å². The van der Waals surface area contributed by atoms with Crippen molar-refractivity contribution < 1.29 is 9.90 Å². The molecule has 1 fully saturated rings. The van der Waals surface area contributed by atoms with Crippen LogP contribution in [0.1, 0.15) is 51.8 Å². The van der Waals surface area contributed by atoms with Crippen molar-refractivity contribution in [3.63, 3.8) is 0 Å². The number of hydrogen-bond donors (Lipinski definition) is 1. The minimum atomic E-state index is -0.640. The largest absolute Gasteiger partial charge is 0.481 e. The van der Waals surface area contributed by atoms with Crippen LogP contribution in [-0.4, -0.2) is 38.6 Å². The molecule has 1 atom stereocenters. The number of nitrogens with zero attached hydrogens (tertiary/aromatic N) is 3. The van der Waals surface area contributed by atoms with Gasteiger partial charge < -0.3 is 9.67 Å². The van der Waals surface area contributed by atoms with E-state index in [1.165, 1.54) is 0 Å². The zero-order valence-electron chi connectivity index (χ0n) is 12.7. The molecule has 1 unspecified atom stereocenters. The number of likely N-dealkylation sites (tertiary alicyclic amines) is 1. The predicted octanol–water partition coefficient (Wildman–Crippen LogP) is 2.54. The summed E-state index contributed by atoms with van der Waals surface area (Å²) in [7, 11) is 0. The lowest BCUT2D eigenvalue weighted by Crippen LogP contribution is -2.34. The van der Waals surface area contributed by atoms with Crippen LogP contribution < -0.4 is 0 Å². The van der Waals surface area contributed by atoms with Gasteiger partial charge in [0.2, 0.25) is 0 Å². The molecule has 1 saturated heterocycles. The minimum absolute atomic E-state index is 0.384. The normalized spacial score (nSPS) is 23.6. The Morgan fingerprint density at radius 1 is 1.55 bits per heavy atom. The van der Waals surface area contributed by atoms with Crippen LogP contribution in [0.2, 0.25) is 0 Å². The molecule has 1 aliphatic rings. The molecule has 1 aromatic heterocycles. The standard InChI is InChI=1S/C15H25N3O2/c1-4-5-15(14(19)20)6-7-17(10-15)9-13-8-16-11-18(13)12(2)3/h8,11-12H,4-7,9-10H2,1-3H3,(H,19,20). The van der Waals surface area contributed by atoms with Crippen LogP contribution in [0, 0.1) is 5.41 Å². The molecule has 0 radical (unpaired) electrons. The fraction of sp³-hybridized carbons (Fsp3) is 0.733. The smallest absolute Gasteiger partial charge is 0.310 e. The number of rotatable bonds is 6. The SMILES string of the molecule is CCCC1(C(=O)O)CCN(Cc2cncn2C(C)C)C1. The van der Waals surface area contributed by atoms with Gasteiger partial charge in [-0.25, -0.2) is 4.98 Å². The van der Waals surface area contributed by atoms with E-state index in [1.54, 1.807) is 0 Å². The van der Waals surface area contributed by atoms with Crippen molar-refractivity contribution in [3.8, 4) is 0 Å². The lowest BCUT2D eigenvalue weighted by molar-refractivity contribution is -0.148. The molecule has 0 aromatic carbocycles. The van der Waals surface area contributed by atoms with Gasteiger partial charge in [0.15, 0.2) is 0 Å². The molecule has 0 amide bonds. The van der Waals surface area contributed by atoms with Gasteiger partial charge in [0.05, 0.1) is 17.4 Å². The second kappa shape index (κ2) is 5.95. The summed E-state index contributed by atoms with van der Waals surface area (Å²) in [5.41, 5.74) is 0.620. The molecule has 0 bridgehead atoms. The van der Waals surface area contributed by atoms with E-state index in [1.807, 2.05) is 12.5 Å². The van der Waals surface area contributed by atoms with Gasteiger partial charge in [0, 0.05) is 25.3 Å². The van der Waals surface area contributed by atoms with E-state index in [4.69, 9.17) is 0 Å². The van der Waals surface area contributed by atoms with Crippen LogP contribution >= 0.6 is 0 Å². The number of imidazole rings is 1. The monoisotopic (exact) mass is 279 g/mol. The first-order valence-electron chi connectivity index (χ1n) is 7.45. The maximum Gasteiger partial charge on any atom is 0.310 e. The maximum absolute atomic E-state index is 11.6. The highest BCUT2D eigenvalue weighted by atomic mass is 16.4. The molecule has 112 valence electrons. The molecule has 1 aromatic rings. The number of carboxylic acid groups (broad SMARTS) is 1. The summed E-state index contributed by atoms with van der Waals surface area (Å²) in [6.45, 7) is 8.62. The molecule has 2 rings (SSSR count). The van der Waals surface area contributed by atoms with E-state index in [0.29, 0.717) is 12.6 Å². The van der Waals surface area contributed by atoms with Crippen LogP contribution in [0.4, 0.5) is 0 Å². The third kappa shape index (κ3) is 2.87. The highest BCUT2D eigenvalue weighted by Crippen LogP contribution is 2.36. The van der Waals surface area contributed by atoms with Crippen molar-refractivity contribution in [2.45, 2.75) is 52.6 Å². The van der Waals surface area contributed by atoms with Gasteiger partial charge in [0.25, 0.3) is 0 Å². The average Bonchev–Trinajstić information content (AvgIpc) is 2.98. The molecule has 5 heteroatoms. The molecule has 0 aliphatic carbocycles. The summed E-state index contributed by atoms with van der Waals surface area (Å²) >= 11 is 0. The van der Waals surface area contributed by atoms with Gasteiger partial charge in [0.1, 0.15) is 0 Å². The summed E-state index contributed by atoms with van der Waals surface area (Å²) in [6.07, 6.45) is 6.19. The molecule has 2 heterocycles. The van der Waals surface area contributed by atoms with Gasteiger partial charge in [-0.15, -0.1) is 0 Å². The fourth-order valence-electron chi connectivity index (χ4n) is 3.21. The summed E-state index contributed by atoms with van der Waals surface area (Å²) in [4.78, 5) is 18.1. The number of aromatic nitrogens is 2. The Hall–Kier alpha value is -1.36. The molecule has 1 aliphatic heterocycles. The van der Waals surface area contributed by atoms with Crippen LogP contribution in [0.5, 0.6) is 0 Å². The quantitative estimate of drug-likeness (QED) is 0.869. The van der Waals surface area contributed by atoms with E-state index in [-0.39, 0.29) is 0 Å².